The average Bonchev–Trinajstić information content (AvgIpc) is 2.75. The zero-order valence-electron chi connectivity index (χ0n) is 17.4. The van der Waals surface area contributed by atoms with Gasteiger partial charge in [0.05, 0.1) is 12.5 Å². The summed E-state index contributed by atoms with van der Waals surface area (Å²) in [6.45, 7) is 4.49. The Morgan fingerprint density at radius 3 is 2.31 bits per heavy atom. The molecule has 1 aromatic carbocycles. The van der Waals surface area contributed by atoms with Gasteiger partial charge in [0, 0.05) is 13.0 Å². The van der Waals surface area contributed by atoms with Crippen molar-refractivity contribution in [3.8, 4) is 5.75 Å². The Bertz CT molecular complexity index is 689. The maximum Gasteiger partial charge on any atom is 0.234 e. The van der Waals surface area contributed by atoms with Crippen LogP contribution in [0.25, 0.3) is 0 Å². The van der Waals surface area contributed by atoms with Gasteiger partial charge in [-0.1, -0.05) is 31.4 Å². The van der Waals surface area contributed by atoms with Crippen molar-refractivity contribution in [1.29, 1.82) is 0 Å². The number of ether oxygens (including phenoxy) is 1. The summed E-state index contributed by atoms with van der Waals surface area (Å²) >= 11 is 0. The molecular formula is C24H34N2O3. The summed E-state index contributed by atoms with van der Waals surface area (Å²) in [6, 6.07) is 7.83. The van der Waals surface area contributed by atoms with Crippen LogP contribution >= 0.6 is 0 Å². The largest absolute Gasteiger partial charge is 0.493 e. The molecule has 4 rings (SSSR count). The summed E-state index contributed by atoms with van der Waals surface area (Å²) in [4.78, 5) is 26.0. The van der Waals surface area contributed by atoms with Crippen molar-refractivity contribution in [1.82, 2.24) is 10.2 Å². The summed E-state index contributed by atoms with van der Waals surface area (Å²) < 4.78 is 6.04. The van der Waals surface area contributed by atoms with E-state index in [0.29, 0.717) is 18.8 Å². The summed E-state index contributed by atoms with van der Waals surface area (Å²) in [7, 11) is 0. The van der Waals surface area contributed by atoms with Crippen molar-refractivity contribution in [3.05, 3.63) is 29.8 Å². The Kier molecular flexibility index (Phi) is 6.86. The van der Waals surface area contributed by atoms with E-state index in [1.54, 1.807) is 0 Å². The Morgan fingerprint density at radius 1 is 0.897 bits per heavy atom. The van der Waals surface area contributed by atoms with Crippen LogP contribution < -0.4 is 10.1 Å². The molecule has 29 heavy (non-hydrogen) atoms. The van der Waals surface area contributed by atoms with Crippen LogP contribution in [-0.4, -0.2) is 43.0 Å². The molecule has 0 bridgehead atoms. The fourth-order valence-corrected chi connectivity index (χ4v) is 5.09. The molecule has 5 nitrogen and oxygen atoms in total. The molecule has 3 fully saturated rings. The molecule has 1 N–H and O–H groups in total. The number of rotatable bonds is 6. The quantitative estimate of drug-likeness (QED) is 0.739. The van der Waals surface area contributed by atoms with Gasteiger partial charge in [-0.2, -0.15) is 0 Å². The number of hydrogen-bond acceptors (Lipinski definition) is 4. The fraction of sp³-hybridized carbons (Fsp3) is 0.667. The van der Waals surface area contributed by atoms with E-state index >= 15 is 0 Å². The third-order valence-electron chi connectivity index (χ3n) is 6.96. The molecule has 1 aromatic rings. The predicted molar refractivity (Wildman–Crippen MR) is 113 cm³/mol. The average molecular weight is 399 g/mol. The molecule has 0 spiro atoms. The van der Waals surface area contributed by atoms with E-state index in [-0.39, 0.29) is 17.7 Å². The summed E-state index contributed by atoms with van der Waals surface area (Å²) in [5.74, 6) is 1.85. The zero-order valence-corrected chi connectivity index (χ0v) is 17.4. The van der Waals surface area contributed by atoms with Crippen LogP contribution in [0.5, 0.6) is 5.75 Å². The van der Waals surface area contributed by atoms with Gasteiger partial charge in [0.1, 0.15) is 5.75 Å². The lowest BCUT2D eigenvalue weighted by atomic mass is 9.88. The van der Waals surface area contributed by atoms with Crippen molar-refractivity contribution in [2.75, 3.05) is 26.2 Å². The monoisotopic (exact) mass is 398 g/mol. The topological polar surface area (TPSA) is 58.6 Å². The lowest BCUT2D eigenvalue weighted by Gasteiger charge is -2.35. The Hall–Kier alpha value is -1.88. The minimum Gasteiger partial charge on any atom is -0.493 e. The number of imide groups is 1. The first-order valence-corrected chi connectivity index (χ1v) is 11.5. The number of nitrogens with one attached hydrogen (secondary N) is 1. The number of carbonyl (C=O) groups excluding carboxylic acids is 2. The van der Waals surface area contributed by atoms with E-state index in [0.717, 1.165) is 23.8 Å². The number of nitrogens with zero attached hydrogens (tertiary/aromatic N) is 1. The third kappa shape index (κ3) is 5.59. The molecule has 0 radical (unpaired) electrons. The van der Waals surface area contributed by atoms with Gasteiger partial charge in [-0.25, -0.2) is 0 Å². The summed E-state index contributed by atoms with van der Waals surface area (Å²) in [5.41, 5.74) is 0.957. The Morgan fingerprint density at radius 2 is 1.62 bits per heavy atom. The number of piperidine rings is 2. The molecule has 5 heteroatoms. The smallest absolute Gasteiger partial charge is 0.234 e. The van der Waals surface area contributed by atoms with Crippen LogP contribution in [0.2, 0.25) is 0 Å². The minimum atomic E-state index is -0.227. The van der Waals surface area contributed by atoms with Crippen LogP contribution in [-0.2, 0) is 9.59 Å². The molecule has 1 unspecified atom stereocenters. The van der Waals surface area contributed by atoms with Gasteiger partial charge in [0.2, 0.25) is 11.8 Å². The van der Waals surface area contributed by atoms with Crippen LogP contribution in [0.4, 0.5) is 0 Å². The molecule has 2 amide bonds. The molecular weight excluding hydrogens is 364 g/mol. The molecule has 0 aromatic heterocycles. The van der Waals surface area contributed by atoms with Gasteiger partial charge >= 0.3 is 0 Å². The maximum atomic E-state index is 12.0. The van der Waals surface area contributed by atoms with Gasteiger partial charge in [-0.15, -0.1) is 0 Å². The van der Waals surface area contributed by atoms with Gasteiger partial charge < -0.3 is 9.64 Å². The molecule has 3 aliphatic rings. The van der Waals surface area contributed by atoms with Gasteiger partial charge in [-0.3, -0.25) is 14.9 Å². The summed E-state index contributed by atoms with van der Waals surface area (Å²) in [6.07, 6.45) is 10.6. The first kappa shape index (κ1) is 20.4. The van der Waals surface area contributed by atoms with Crippen molar-refractivity contribution < 1.29 is 14.3 Å². The van der Waals surface area contributed by atoms with Gasteiger partial charge in [0.15, 0.2) is 0 Å². The molecule has 1 aliphatic carbocycles. The van der Waals surface area contributed by atoms with E-state index in [9.17, 15) is 9.59 Å². The maximum absolute atomic E-state index is 12.0. The Labute approximate surface area is 174 Å². The van der Waals surface area contributed by atoms with E-state index in [1.165, 1.54) is 64.6 Å². The second-order valence-electron chi connectivity index (χ2n) is 9.13. The lowest BCUT2D eigenvalue weighted by Crippen LogP contribution is -2.39. The zero-order chi connectivity index (χ0) is 20.1. The first-order valence-electron chi connectivity index (χ1n) is 11.5. The van der Waals surface area contributed by atoms with Crippen LogP contribution in [0, 0.1) is 11.8 Å². The molecule has 158 valence electrons. The van der Waals surface area contributed by atoms with E-state index in [2.05, 4.69) is 10.2 Å². The van der Waals surface area contributed by atoms with Crippen molar-refractivity contribution >= 4 is 11.8 Å². The molecule has 1 atom stereocenters. The standard InChI is InChI=1S/C24H34N2O3/c27-23-11-10-22(24(28)25-23)20-6-8-21(9-7-20)29-17-19-12-14-26(15-13-19)16-18-4-2-1-3-5-18/h6-9,18-19,22H,1-5,10-17H2,(H,25,27,28). The highest BCUT2D eigenvalue weighted by molar-refractivity contribution is 6.00. The molecule has 1 saturated carbocycles. The number of benzene rings is 1. The highest BCUT2D eigenvalue weighted by atomic mass is 16.5. The Balaban J connectivity index is 1.19. The third-order valence-corrected chi connectivity index (χ3v) is 6.96. The SMILES string of the molecule is O=C1CCC(c2ccc(OCC3CCN(CC4CCCCC4)CC3)cc2)C(=O)N1. The minimum absolute atomic E-state index is 0.170. The van der Waals surface area contributed by atoms with Gasteiger partial charge in [0.25, 0.3) is 0 Å². The van der Waals surface area contributed by atoms with Crippen LogP contribution in [0.3, 0.4) is 0 Å². The van der Waals surface area contributed by atoms with Gasteiger partial charge in [-0.05, 0) is 74.7 Å². The number of hydrogen-bond donors (Lipinski definition) is 1. The van der Waals surface area contributed by atoms with E-state index in [1.807, 2.05) is 24.3 Å². The lowest BCUT2D eigenvalue weighted by molar-refractivity contribution is -0.134. The second kappa shape index (κ2) is 9.75. The second-order valence-corrected chi connectivity index (χ2v) is 9.13. The fourth-order valence-electron chi connectivity index (χ4n) is 5.09. The normalized spacial score (nSPS) is 25.0. The number of carbonyl (C=O) groups is 2. The van der Waals surface area contributed by atoms with Crippen molar-refractivity contribution in [2.24, 2.45) is 11.8 Å². The van der Waals surface area contributed by atoms with Crippen molar-refractivity contribution in [2.45, 2.75) is 63.7 Å². The summed E-state index contributed by atoms with van der Waals surface area (Å²) in [5, 5.41) is 2.43. The first-order chi connectivity index (χ1) is 14.2. The highest BCUT2D eigenvalue weighted by Gasteiger charge is 2.28. The molecule has 2 heterocycles. The van der Waals surface area contributed by atoms with E-state index in [4.69, 9.17) is 4.74 Å². The predicted octanol–water partition coefficient (Wildman–Crippen LogP) is 3.88. The van der Waals surface area contributed by atoms with Crippen LogP contribution in [0.1, 0.15) is 69.3 Å². The number of amides is 2. The van der Waals surface area contributed by atoms with Crippen molar-refractivity contribution in [3.63, 3.8) is 0 Å². The number of likely N-dealkylation sites (tertiary alicyclic amines) is 1. The van der Waals surface area contributed by atoms with Crippen LogP contribution in [0.15, 0.2) is 24.3 Å². The highest BCUT2D eigenvalue weighted by Crippen LogP contribution is 2.28. The molecule has 2 aliphatic heterocycles. The van der Waals surface area contributed by atoms with E-state index < -0.39 is 0 Å². The molecule has 2 saturated heterocycles.